The standard InChI is InChI=1S/C17H27BN2O4/c1-5-13-12-14(6-7-15(13)18(22)23)19-8-10-20(11-9-19)16(21)24-17(2,3)4/h6-7,12,22-23H,5,8-11H2,1-4H3. The van der Waals surface area contributed by atoms with Crippen LogP contribution < -0.4 is 10.4 Å². The SMILES string of the molecule is CCc1cc(N2CCN(C(=O)OC(C)(C)C)CC2)ccc1B(O)O. The topological polar surface area (TPSA) is 73.2 Å². The van der Waals surface area contributed by atoms with Gasteiger partial charge in [0.1, 0.15) is 5.60 Å². The summed E-state index contributed by atoms with van der Waals surface area (Å²) in [5, 5.41) is 18.8. The minimum absolute atomic E-state index is 0.268. The van der Waals surface area contributed by atoms with Gasteiger partial charge in [-0.2, -0.15) is 0 Å². The highest BCUT2D eigenvalue weighted by atomic mass is 16.6. The number of rotatable bonds is 3. The van der Waals surface area contributed by atoms with Crippen molar-refractivity contribution in [2.75, 3.05) is 31.1 Å². The van der Waals surface area contributed by atoms with Crippen LogP contribution >= 0.6 is 0 Å². The van der Waals surface area contributed by atoms with Crippen molar-refractivity contribution >= 4 is 24.4 Å². The van der Waals surface area contributed by atoms with Crippen LogP contribution in [0.4, 0.5) is 10.5 Å². The summed E-state index contributed by atoms with van der Waals surface area (Å²) in [5.74, 6) is 0. The molecule has 1 heterocycles. The monoisotopic (exact) mass is 334 g/mol. The van der Waals surface area contributed by atoms with E-state index in [9.17, 15) is 14.8 Å². The van der Waals surface area contributed by atoms with E-state index in [2.05, 4.69) is 4.90 Å². The fraction of sp³-hybridized carbons (Fsp3) is 0.588. The number of hydrogen-bond acceptors (Lipinski definition) is 5. The second-order valence-electron chi connectivity index (χ2n) is 7.06. The maximum absolute atomic E-state index is 12.1. The fourth-order valence-electron chi connectivity index (χ4n) is 2.82. The molecular weight excluding hydrogens is 307 g/mol. The van der Waals surface area contributed by atoms with Gasteiger partial charge in [0.05, 0.1) is 0 Å². The van der Waals surface area contributed by atoms with Gasteiger partial charge in [-0.1, -0.05) is 13.0 Å². The lowest BCUT2D eigenvalue weighted by Crippen LogP contribution is -2.50. The normalized spacial score (nSPS) is 15.4. The number of amides is 1. The van der Waals surface area contributed by atoms with Crippen LogP contribution in [0.25, 0.3) is 0 Å². The number of piperazine rings is 1. The Labute approximate surface area is 144 Å². The van der Waals surface area contributed by atoms with Crippen molar-refractivity contribution in [2.45, 2.75) is 39.7 Å². The van der Waals surface area contributed by atoms with Crippen LogP contribution in [0.2, 0.25) is 0 Å². The van der Waals surface area contributed by atoms with Gasteiger partial charge in [0.25, 0.3) is 0 Å². The summed E-state index contributed by atoms with van der Waals surface area (Å²) in [5.41, 5.74) is 2.04. The molecule has 0 aromatic heterocycles. The third kappa shape index (κ3) is 4.64. The van der Waals surface area contributed by atoms with E-state index in [0.29, 0.717) is 18.6 Å². The first kappa shape index (κ1) is 18.6. The van der Waals surface area contributed by atoms with E-state index < -0.39 is 12.7 Å². The van der Waals surface area contributed by atoms with Gasteiger partial charge in [-0.15, -0.1) is 0 Å². The summed E-state index contributed by atoms with van der Waals surface area (Å²) in [6.45, 7) is 10.3. The van der Waals surface area contributed by atoms with Crippen LogP contribution in [0.15, 0.2) is 18.2 Å². The lowest BCUT2D eigenvalue weighted by atomic mass is 9.76. The average Bonchev–Trinajstić information content (AvgIpc) is 2.52. The van der Waals surface area contributed by atoms with Gasteiger partial charge in [-0.05, 0) is 50.4 Å². The second kappa shape index (κ2) is 7.44. The Morgan fingerprint density at radius 3 is 2.33 bits per heavy atom. The van der Waals surface area contributed by atoms with Gasteiger partial charge in [-0.25, -0.2) is 4.79 Å². The van der Waals surface area contributed by atoms with Crippen molar-refractivity contribution < 1.29 is 19.6 Å². The molecule has 0 saturated carbocycles. The molecule has 132 valence electrons. The molecule has 1 saturated heterocycles. The molecular formula is C17H27BN2O4. The van der Waals surface area contributed by atoms with Gasteiger partial charge >= 0.3 is 13.2 Å². The number of aryl methyl sites for hydroxylation is 1. The molecule has 0 spiro atoms. The van der Waals surface area contributed by atoms with E-state index in [-0.39, 0.29) is 6.09 Å². The van der Waals surface area contributed by atoms with Crippen molar-refractivity contribution in [2.24, 2.45) is 0 Å². The first-order valence-electron chi connectivity index (χ1n) is 8.43. The Bertz CT molecular complexity index is 578. The molecule has 0 bridgehead atoms. The van der Waals surface area contributed by atoms with E-state index in [0.717, 1.165) is 30.8 Å². The molecule has 1 fully saturated rings. The summed E-state index contributed by atoms with van der Waals surface area (Å²) in [6.07, 6.45) is 0.466. The van der Waals surface area contributed by atoms with Crippen LogP contribution in [0.3, 0.4) is 0 Å². The second-order valence-corrected chi connectivity index (χ2v) is 7.06. The highest BCUT2D eigenvalue weighted by Gasteiger charge is 2.26. The molecule has 24 heavy (non-hydrogen) atoms. The predicted molar refractivity (Wildman–Crippen MR) is 95.7 cm³/mol. The molecule has 1 aliphatic rings. The Morgan fingerprint density at radius 2 is 1.83 bits per heavy atom. The summed E-state index contributed by atoms with van der Waals surface area (Å²) in [7, 11) is -1.45. The Kier molecular flexibility index (Phi) is 5.77. The highest BCUT2D eigenvalue weighted by Crippen LogP contribution is 2.19. The fourth-order valence-corrected chi connectivity index (χ4v) is 2.82. The molecule has 1 aromatic carbocycles. The molecule has 1 amide bonds. The van der Waals surface area contributed by atoms with Crippen molar-refractivity contribution in [1.82, 2.24) is 4.90 Å². The number of anilines is 1. The molecule has 2 N–H and O–H groups in total. The van der Waals surface area contributed by atoms with Crippen LogP contribution in [-0.4, -0.2) is 59.9 Å². The predicted octanol–water partition coefficient (Wildman–Crippen LogP) is 0.986. The third-order valence-electron chi connectivity index (χ3n) is 4.08. The van der Waals surface area contributed by atoms with E-state index in [1.807, 2.05) is 39.8 Å². The summed E-state index contributed by atoms with van der Waals surface area (Å²) in [4.78, 5) is 16.0. The Hall–Kier alpha value is -1.73. The molecule has 2 rings (SSSR count). The van der Waals surface area contributed by atoms with Crippen LogP contribution in [0.1, 0.15) is 33.3 Å². The van der Waals surface area contributed by atoms with Crippen LogP contribution in [-0.2, 0) is 11.2 Å². The summed E-state index contributed by atoms with van der Waals surface area (Å²) >= 11 is 0. The first-order chi connectivity index (χ1) is 11.2. The Morgan fingerprint density at radius 1 is 1.21 bits per heavy atom. The zero-order valence-corrected chi connectivity index (χ0v) is 15.0. The number of hydrogen-bond donors (Lipinski definition) is 2. The van der Waals surface area contributed by atoms with E-state index in [4.69, 9.17) is 4.74 Å². The van der Waals surface area contributed by atoms with Crippen LogP contribution in [0, 0.1) is 0 Å². The number of benzene rings is 1. The molecule has 0 radical (unpaired) electrons. The lowest BCUT2D eigenvalue weighted by molar-refractivity contribution is 0.0240. The first-order valence-corrected chi connectivity index (χ1v) is 8.43. The number of carbonyl (C=O) groups is 1. The zero-order valence-electron chi connectivity index (χ0n) is 15.0. The largest absolute Gasteiger partial charge is 0.488 e. The quantitative estimate of drug-likeness (QED) is 0.807. The van der Waals surface area contributed by atoms with E-state index >= 15 is 0 Å². The molecule has 0 unspecified atom stereocenters. The zero-order chi connectivity index (χ0) is 17.9. The lowest BCUT2D eigenvalue weighted by Gasteiger charge is -2.37. The highest BCUT2D eigenvalue weighted by molar-refractivity contribution is 6.59. The van der Waals surface area contributed by atoms with Crippen molar-refractivity contribution in [1.29, 1.82) is 0 Å². The maximum atomic E-state index is 12.1. The van der Waals surface area contributed by atoms with E-state index in [1.54, 1.807) is 11.0 Å². The number of carbonyl (C=O) groups excluding carboxylic acids is 1. The molecule has 6 nitrogen and oxygen atoms in total. The molecule has 0 atom stereocenters. The smallest absolute Gasteiger partial charge is 0.444 e. The molecule has 1 aromatic rings. The van der Waals surface area contributed by atoms with Crippen molar-refractivity contribution in [3.05, 3.63) is 23.8 Å². The van der Waals surface area contributed by atoms with Crippen LogP contribution in [0.5, 0.6) is 0 Å². The van der Waals surface area contributed by atoms with E-state index in [1.165, 1.54) is 0 Å². The van der Waals surface area contributed by atoms with Gasteiger partial charge < -0.3 is 24.6 Å². The minimum atomic E-state index is -1.45. The molecule has 7 heteroatoms. The Balaban J connectivity index is 2.01. The average molecular weight is 334 g/mol. The number of ether oxygens (including phenoxy) is 1. The number of nitrogens with zero attached hydrogens (tertiary/aromatic N) is 2. The molecule has 0 aliphatic carbocycles. The van der Waals surface area contributed by atoms with Gasteiger partial charge in [0.2, 0.25) is 0 Å². The van der Waals surface area contributed by atoms with Crippen molar-refractivity contribution in [3.8, 4) is 0 Å². The third-order valence-corrected chi connectivity index (χ3v) is 4.08. The summed E-state index contributed by atoms with van der Waals surface area (Å²) < 4.78 is 5.41. The van der Waals surface area contributed by atoms with Gasteiger partial charge in [-0.3, -0.25) is 0 Å². The van der Waals surface area contributed by atoms with Gasteiger partial charge in [0.15, 0.2) is 0 Å². The summed E-state index contributed by atoms with van der Waals surface area (Å²) in [6, 6.07) is 5.66. The molecule has 1 aliphatic heterocycles. The van der Waals surface area contributed by atoms with Crippen molar-refractivity contribution in [3.63, 3.8) is 0 Å². The van der Waals surface area contributed by atoms with Gasteiger partial charge in [0, 0.05) is 31.9 Å². The minimum Gasteiger partial charge on any atom is -0.444 e. The maximum Gasteiger partial charge on any atom is 0.488 e.